The maximum Gasteiger partial charge on any atom is 0.330 e. The fourth-order valence-electron chi connectivity index (χ4n) is 2.90. The van der Waals surface area contributed by atoms with Crippen LogP contribution in [0, 0.1) is 0 Å². The minimum Gasteiger partial charge on any atom is -0.384 e. The summed E-state index contributed by atoms with van der Waals surface area (Å²) in [6, 6.07) is 7.77. The Morgan fingerprint density at radius 1 is 1.26 bits per heavy atom. The Balaban J connectivity index is 1.80. The lowest BCUT2D eigenvalue weighted by Gasteiger charge is -2.11. The third-order valence-electron chi connectivity index (χ3n) is 4.62. The van der Waals surface area contributed by atoms with Crippen LogP contribution in [0.25, 0.3) is 5.69 Å². The first-order valence-electron chi connectivity index (χ1n) is 9.49. The monoisotopic (exact) mass is 445 g/mol. The zero-order chi connectivity index (χ0) is 22.5. The Morgan fingerprint density at radius 2 is 1.97 bits per heavy atom. The molecule has 0 aliphatic carbocycles. The summed E-state index contributed by atoms with van der Waals surface area (Å²) < 4.78 is 7.55. The van der Waals surface area contributed by atoms with Gasteiger partial charge < -0.3 is 10.5 Å². The van der Waals surface area contributed by atoms with Crippen LogP contribution >= 0.6 is 11.8 Å². The topological polar surface area (TPSA) is 151 Å². The summed E-state index contributed by atoms with van der Waals surface area (Å²) in [5.74, 6) is -0.481. The van der Waals surface area contributed by atoms with Gasteiger partial charge in [0, 0.05) is 7.11 Å². The van der Waals surface area contributed by atoms with Gasteiger partial charge in [-0.05, 0) is 34.0 Å². The molecule has 11 nitrogen and oxygen atoms in total. The van der Waals surface area contributed by atoms with Crippen LogP contribution in [0.1, 0.15) is 35.7 Å². The van der Waals surface area contributed by atoms with Crippen molar-refractivity contribution in [2.24, 2.45) is 0 Å². The van der Waals surface area contributed by atoms with Crippen LogP contribution in [0.4, 0.5) is 5.82 Å². The summed E-state index contributed by atoms with van der Waals surface area (Å²) in [4.78, 5) is 39.1. The SMILES string of the molecule is COCCn1c(N)c(C(=O)CSc2nnnn2-c2ccc(C(C)C)cc2)c(=O)[nH]c1=O. The number of benzene rings is 1. The number of anilines is 1. The molecule has 12 heteroatoms. The number of Topliss-reactive ketones (excluding diaryl/α,β-unsaturated/α-hetero) is 1. The van der Waals surface area contributed by atoms with E-state index in [-0.39, 0.29) is 30.3 Å². The zero-order valence-electron chi connectivity index (χ0n) is 17.4. The number of carbonyl (C=O) groups is 1. The second-order valence-electron chi connectivity index (χ2n) is 7.00. The van der Waals surface area contributed by atoms with Gasteiger partial charge in [-0.3, -0.25) is 19.1 Å². The smallest absolute Gasteiger partial charge is 0.330 e. The number of nitrogens with one attached hydrogen (secondary N) is 1. The number of rotatable bonds is 9. The Labute approximate surface area is 181 Å². The van der Waals surface area contributed by atoms with E-state index in [1.807, 2.05) is 24.3 Å². The second-order valence-corrected chi connectivity index (χ2v) is 7.94. The summed E-state index contributed by atoms with van der Waals surface area (Å²) in [7, 11) is 1.47. The third kappa shape index (κ3) is 4.91. The Kier molecular flexibility index (Phi) is 7.02. The van der Waals surface area contributed by atoms with Gasteiger partial charge in [-0.15, -0.1) is 5.10 Å². The maximum absolute atomic E-state index is 12.7. The number of ketones is 1. The van der Waals surface area contributed by atoms with Crippen LogP contribution in [-0.2, 0) is 11.3 Å². The molecule has 3 aromatic rings. The van der Waals surface area contributed by atoms with Crippen LogP contribution in [0.5, 0.6) is 0 Å². The molecule has 164 valence electrons. The number of carbonyl (C=O) groups excluding carboxylic acids is 1. The molecular weight excluding hydrogens is 422 g/mol. The normalized spacial score (nSPS) is 11.2. The van der Waals surface area contributed by atoms with Gasteiger partial charge in [0.1, 0.15) is 11.4 Å². The summed E-state index contributed by atoms with van der Waals surface area (Å²) in [6.07, 6.45) is 0. The van der Waals surface area contributed by atoms with E-state index in [0.717, 1.165) is 22.0 Å². The van der Waals surface area contributed by atoms with Gasteiger partial charge in [-0.2, -0.15) is 4.68 Å². The molecule has 1 aromatic carbocycles. The van der Waals surface area contributed by atoms with Gasteiger partial charge in [0.2, 0.25) is 5.16 Å². The average Bonchev–Trinajstić information content (AvgIpc) is 3.20. The lowest BCUT2D eigenvalue weighted by atomic mass is 10.0. The number of aromatic nitrogens is 6. The first-order valence-corrected chi connectivity index (χ1v) is 10.5. The van der Waals surface area contributed by atoms with Gasteiger partial charge in [-0.25, -0.2) is 4.79 Å². The quantitative estimate of drug-likeness (QED) is 0.360. The first-order chi connectivity index (χ1) is 14.8. The van der Waals surface area contributed by atoms with Crippen LogP contribution < -0.4 is 17.0 Å². The Morgan fingerprint density at radius 3 is 2.61 bits per heavy atom. The highest BCUT2D eigenvalue weighted by Crippen LogP contribution is 2.22. The van der Waals surface area contributed by atoms with Crippen molar-refractivity contribution in [1.82, 2.24) is 29.8 Å². The molecule has 0 aliphatic rings. The number of methoxy groups -OCH3 is 1. The third-order valence-corrected chi connectivity index (χ3v) is 5.53. The lowest BCUT2D eigenvalue weighted by Crippen LogP contribution is -2.37. The predicted octanol–water partition coefficient (Wildman–Crippen LogP) is 0.839. The van der Waals surface area contributed by atoms with Crippen LogP contribution in [-0.4, -0.2) is 55.0 Å². The largest absolute Gasteiger partial charge is 0.384 e. The summed E-state index contributed by atoms with van der Waals surface area (Å²) in [6.45, 7) is 4.51. The van der Waals surface area contributed by atoms with Crippen molar-refractivity contribution < 1.29 is 9.53 Å². The molecule has 0 unspecified atom stereocenters. The second kappa shape index (κ2) is 9.71. The Hall–Kier alpha value is -3.25. The van der Waals surface area contributed by atoms with Gasteiger partial charge in [-0.1, -0.05) is 37.7 Å². The molecule has 3 rings (SSSR count). The summed E-state index contributed by atoms with van der Waals surface area (Å²) in [5, 5.41) is 12.0. The molecule has 0 bridgehead atoms. The standard InChI is InChI=1S/C19H23N7O4S/c1-11(2)12-4-6-13(7-5-12)26-19(22-23-24-26)31-10-14(27)15-16(20)25(8-9-30-3)18(29)21-17(15)28/h4-7,11H,8-10,20H2,1-3H3,(H,21,28,29). The van der Waals surface area contributed by atoms with E-state index in [2.05, 4.69) is 34.4 Å². The molecule has 31 heavy (non-hydrogen) atoms. The van der Waals surface area contributed by atoms with Gasteiger partial charge in [0.05, 0.1) is 24.6 Å². The molecule has 2 aromatic heterocycles. The molecule has 0 saturated heterocycles. The van der Waals surface area contributed by atoms with Crippen LogP contribution in [0.2, 0.25) is 0 Å². The van der Waals surface area contributed by atoms with Gasteiger partial charge in [0.15, 0.2) is 5.78 Å². The minimum absolute atomic E-state index is 0.107. The number of hydrogen-bond donors (Lipinski definition) is 2. The molecule has 0 saturated carbocycles. The van der Waals surface area contributed by atoms with Gasteiger partial charge >= 0.3 is 5.69 Å². The molecule has 0 spiro atoms. The number of thioether (sulfide) groups is 1. The number of nitrogens with two attached hydrogens (primary N) is 1. The van der Waals surface area contributed by atoms with E-state index in [9.17, 15) is 14.4 Å². The fourth-order valence-corrected chi connectivity index (χ4v) is 3.66. The number of nitrogens with zero attached hydrogens (tertiary/aromatic N) is 5. The highest BCUT2D eigenvalue weighted by Gasteiger charge is 2.21. The Bertz CT molecular complexity index is 1180. The molecule has 3 N–H and O–H groups in total. The molecule has 0 amide bonds. The molecule has 2 heterocycles. The van der Waals surface area contributed by atoms with Crippen molar-refractivity contribution in [2.75, 3.05) is 25.2 Å². The number of hydrogen-bond acceptors (Lipinski definition) is 9. The van der Waals surface area contributed by atoms with E-state index in [1.165, 1.54) is 17.4 Å². The molecule has 0 fully saturated rings. The predicted molar refractivity (Wildman–Crippen MR) is 116 cm³/mol. The molecular formula is C19H23N7O4S. The lowest BCUT2D eigenvalue weighted by molar-refractivity contribution is 0.102. The molecule has 0 atom stereocenters. The maximum atomic E-state index is 12.7. The first kappa shape index (κ1) is 22.4. The van der Waals surface area contributed by atoms with Crippen molar-refractivity contribution in [2.45, 2.75) is 31.5 Å². The van der Waals surface area contributed by atoms with E-state index in [4.69, 9.17) is 10.5 Å². The van der Waals surface area contributed by atoms with E-state index in [1.54, 1.807) is 0 Å². The zero-order valence-corrected chi connectivity index (χ0v) is 18.2. The number of tetrazole rings is 1. The van der Waals surface area contributed by atoms with Crippen molar-refractivity contribution in [3.05, 3.63) is 56.2 Å². The summed E-state index contributed by atoms with van der Waals surface area (Å²) >= 11 is 1.06. The fraction of sp³-hybridized carbons (Fsp3) is 0.368. The number of H-pyrrole nitrogens is 1. The minimum atomic E-state index is -0.828. The van der Waals surface area contributed by atoms with Crippen molar-refractivity contribution in [3.63, 3.8) is 0 Å². The highest BCUT2D eigenvalue weighted by atomic mass is 32.2. The number of aromatic amines is 1. The summed E-state index contributed by atoms with van der Waals surface area (Å²) in [5.41, 5.74) is 6.07. The van der Waals surface area contributed by atoms with Gasteiger partial charge in [0.25, 0.3) is 5.56 Å². The van der Waals surface area contributed by atoms with Crippen LogP contribution in [0.15, 0.2) is 39.0 Å². The van der Waals surface area contributed by atoms with Crippen molar-refractivity contribution >= 4 is 23.4 Å². The van der Waals surface area contributed by atoms with E-state index >= 15 is 0 Å². The average molecular weight is 446 g/mol. The number of ether oxygens (including phenoxy) is 1. The molecule has 0 aliphatic heterocycles. The van der Waals surface area contributed by atoms with Crippen molar-refractivity contribution in [1.29, 1.82) is 0 Å². The highest BCUT2D eigenvalue weighted by molar-refractivity contribution is 7.99. The molecule has 0 radical (unpaired) electrons. The number of nitrogen functional groups attached to an aromatic ring is 1. The van der Waals surface area contributed by atoms with Crippen molar-refractivity contribution in [3.8, 4) is 5.69 Å². The van der Waals surface area contributed by atoms with Crippen LogP contribution in [0.3, 0.4) is 0 Å². The van der Waals surface area contributed by atoms with E-state index in [0.29, 0.717) is 11.1 Å². The van der Waals surface area contributed by atoms with E-state index < -0.39 is 17.0 Å².